The molecule has 0 saturated carbocycles. The third-order valence-electron chi connectivity index (χ3n) is 3.87. The Morgan fingerprint density at radius 3 is 2.42 bits per heavy atom. The minimum atomic E-state index is -1.42. The Hall–Kier alpha value is -1.44. The molecule has 0 spiro atoms. The van der Waals surface area contributed by atoms with Crippen LogP contribution in [0.2, 0.25) is 0 Å². The predicted molar refractivity (Wildman–Crippen MR) is 89.2 cm³/mol. The highest BCUT2D eigenvalue weighted by atomic mass is 32.2. The van der Waals surface area contributed by atoms with Crippen molar-refractivity contribution in [2.45, 2.75) is 38.0 Å². The van der Waals surface area contributed by atoms with E-state index in [4.69, 9.17) is 0 Å². The minimum absolute atomic E-state index is 0.0810. The third kappa shape index (κ3) is 4.55. The summed E-state index contributed by atoms with van der Waals surface area (Å²) in [5, 5.41) is 6.09. The molecule has 1 aliphatic rings. The molecule has 1 fully saturated rings. The van der Waals surface area contributed by atoms with Gasteiger partial charge in [0.2, 0.25) is 0 Å². The Labute approximate surface area is 143 Å². The Balaban J connectivity index is 2.11. The molecule has 24 heavy (non-hydrogen) atoms. The van der Waals surface area contributed by atoms with Crippen LogP contribution in [0.25, 0.3) is 0 Å². The predicted octanol–water partition coefficient (Wildman–Crippen LogP) is 3.58. The second kappa shape index (κ2) is 8.09. The summed E-state index contributed by atoms with van der Waals surface area (Å²) in [4.78, 5) is 4.05. The summed E-state index contributed by atoms with van der Waals surface area (Å²) in [7, 11) is 0. The first-order valence-corrected chi connectivity index (χ1v) is 8.83. The van der Waals surface area contributed by atoms with Gasteiger partial charge in [0, 0.05) is 23.9 Å². The molecule has 0 aliphatic carbocycles. The molecule has 1 unspecified atom stereocenters. The first-order valence-electron chi connectivity index (χ1n) is 7.84. The van der Waals surface area contributed by atoms with Crippen molar-refractivity contribution in [2.24, 2.45) is 4.99 Å². The number of nitrogens with zero attached hydrogens (tertiary/aromatic N) is 1. The highest BCUT2D eigenvalue weighted by Crippen LogP contribution is 2.36. The Morgan fingerprint density at radius 2 is 1.88 bits per heavy atom. The van der Waals surface area contributed by atoms with Gasteiger partial charge in [0.15, 0.2) is 29.2 Å². The van der Waals surface area contributed by atoms with E-state index in [0.29, 0.717) is 19.0 Å². The molecule has 1 aromatic carbocycles. The largest absolute Gasteiger partial charge is 0.357 e. The first-order chi connectivity index (χ1) is 11.4. The molecule has 2 rings (SSSR count). The number of halogens is 4. The standard InChI is InChI=1S/C16H21F4N3S/c1-3-21-15(23-9-16(2)5-4-6-24-16)22-8-10-13(19)11(17)7-12(18)14(10)20/h7H,3-6,8-9H2,1-2H3,(H2,21,22,23). The van der Waals surface area contributed by atoms with Gasteiger partial charge in [-0.3, -0.25) is 0 Å². The normalized spacial score (nSPS) is 21.2. The number of aliphatic imine (C=N–C) groups is 1. The summed E-state index contributed by atoms with van der Waals surface area (Å²) in [6.45, 7) is 4.70. The minimum Gasteiger partial charge on any atom is -0.357 e. The number of thioether (sulfide) groups is 1. The smallest absolute Gasteiger partial charge is 0.191 e. The maximum Gasteiger partial charge on any atom is 0.191 e. The van der Waals surface area contributed by atoms with Crippen molar-refractivity contribution in [3.8, 4) is 0 Å². The van der Waals surface area contributed by atoms with Crippen LogP contribution < -0.4 is 10.6 Å². The van der Waals surface area contributed by atoms with E-state index in [2.05, 4.69) is 22.5 Å². The second-order valence-electron chi connectivity index (χ2n) is 5.90. The quantitative estimate of drug-likeness (QED) is 0.363. The van der Waals surface area contributed by atoms with Gasteiger partial charge in [-0.15, -0.1) is 0 Å². The summed E-state index contributed by atoms with van der Waals surface area (Å²) >= 11 is 1.86. The summed E-state index contributed by atoms with van der Waals surface area (Å²) < 4.78 is 53.9. The van der Waals surface area contributed by atoms with Crippen molar-refractivity contribution in [3.05, 3.63) is 34.9 Å². The topological polar surface area (TPSA) is 36.4 Å². The zero-order chi connectivity index (χ0) is 17.7. The number of hydrogen-bond acceptors (Lipinski definition) is 2. The first kappa shape index (κ1) is 18.9. The Bertz CT molecular complexity index is 590. The summed E-state index contributed by atoms with van der Waals surface area (Å²) in [6.07, 6.45) is 2.22. The van der Waals surface area contributed by atoms with Crippen molar-refractivity contribution in [2.75, 3.05) is 18.8 Å². The van der Waals surface area contributed by atoms with Crippen molar-refractivity contribution >= 4 is 17.7 Å². The van der Waals surface area contributed by atoms with Crippen LogP contribution in [-0.2, 0) is 6.54 Å². The third-order valence-corrected chi connectivity index (χ3v) is 5.41. The molecule has 0 amide bonds. The van der Waals surface area contributed by atoms with Crippen LogP contribution in [0.4, 0.5) is 17.6 Å². The van der Waals surface area contributed by atoms with Gasteiger partial charge in [0.05, 0.1) is 12.1 Å². The van der Waals surface area contributed by atoms with E-state index in [1.54, 1.807) is 0 Å². The van der Waals surface area contributed by atoms with Crippen LogP contribution in [0.1, 0.15) is 32.3 Å². The van der Waals surface area contributed by atoms with Crippen molar-refractivity contribution in [1.82, 2.24) is 10.6 Å². The van der Waals surface area contributed by atoms with E-state index in [1.807, 2.05) is 18.7 Å². The van der Waals surface area contributed by atoms with Gasteiger partial charge < -0.3 is 10.6 Å². The fourth-order valence-electron chi connectivity index (χ4n) is 2.51. The van der Waals surface area contributed by atoms with Gasteiger partial charge in [0.1, 0.15) is 0 Å². The maximum atomic E-state index is 13.7. The van der Waals surface area contributed by atoms with E-state index in [0.717, 1.165) is 18.6 Å². The molecule has 134 valence electrons. The van der Waals surface area contributed by atoms with Gasteiger partial charge in [-0.05, 0) is 32.4 Å². The Morgan fingerprint density at radius 1 is 1.21 bits per heavy atom. The van der Waals surface area contributed by atoms with Crippen LogP contribution in [0, 0.1) is 23.3 Å². The van der Waals surface area contributed by atoms with Crippen LogP contribution in [0.5, 0.6) is 0 Å². The number of benzene rings is 1. The molecule has 1 saturated heterocycles. The molecule has 1 atom stereocenters. The lowest BCUT2D eigenvalue weighted by Crippen LogP contribution is -2.43. The van der Waals surface area contributed by atoms with E-state index < -0.39 is 35.4 Å². The number of nitrogens with one attached hydrogen (secondary N) is 2. The second-order valence-corrected chi connectivity index (χ2v) is 7.58. The molecule has 0 aromatic heterocycles. The van der Waals surface area contributed by atoms with Gasteiger partial charge in [-0.2, -0.15) is 11.8 Å². The molecular weight excluding hydrogens is 342 g/mol. The van der Waals surface area contributed by atoms with Crippen molar-refractivity contribution in [3.63, 3.8) is 0 Å². The molecule has 0 bridgehead atoms. The number of guanidine groups is 1. The van der Waals surface area contributed by atoms with Gasteiger partial charge in [-0.25, -0.2) is 22.6 Å². The maximum absolute atomic E-state index is 13.7. The van der Waals surface area contributed by atoms with E-state index in [-0.39, 0.29) is 10.8 Å². The highest BCUT2D eigenvalue weighted by Gasteiger charge is 2.29. The SMILES string of the molecule is CCNC(=NCc1c(F)c(F)cc(F)c1F)NCC1(C)CCCS1. The Kier molecular flexibility index (Phi) is 6.37. The molecular formula is C16H21F4N3S. The van der Waals surface area contributed by atoms with E-state index in [9.17, 15) is 17.6 Å². The zero-order valence-electron chi connectivity index (χ0n) is 13.7. The number of rotatable bonds is 5. The highest BCUT2D eigenvalue weighted by molar-refractivity contribution is 8.00. The number of hydrogen-bond donors (Lipinski definition) is 2. The van der Waals surface area contributed by atoms with Gasteiger partial charge >= 0.3 is 0 Å². The summed E-state index contributed by atoms with van der Waals surface area (Å²) in [5.74, 6) is -4.21. The molecule has 1 aliphatic heterocycles. The molecule has 1 aromatic rings. The van der Waals surface area contributed by atoms with Crippen molar-refractivity contribution < 1.29 is 17.6 Å². The fourth-order valence-corrected chi connectivity index (χ4v) is 3.75. The molecule has 0 radical (unpaired) electrons. The van der Waals surface area contributed by atoms with Crippen LogP contribution in [-0.4, -0.2) is 29.5 Å². The summed E-state index contributed by atoms with van der Waals surface area (Å²) in [5.41, 5.74) is -0.717. The van der Waals surface area contributed by atoms with E-state index in [1.165, 1.54) is 0 Å². The molecule has 3 nitrogen and oxygen atoms in total. The lowest BCUT2D eigenvalue weighted by Gasteiger charge is -2.24. The van der Waals surface area contributed by atoms with Gasteiger partial charge in [-0.1, -0.05) is 0 Å². The average molecular weight is 363 g/mol. The van der Waals surface area contributed by atoms with Crippen LogP contribution >= 0.6 is 11.8 Å². The molecule has 2 N–H and O–H groups in total. The average Bonchev–Trinajstić information content (AvgIpc) is 2.97. The fraction of sp³-hybridized carbons (Fsp3) is 0.562. The van der Waals surface area contributed by atoms with Crippen LogP contribution in [0.15, 0.2) is 11.1 Å². The molecule has 8 heteroatoms. The molecule has 1 heterocycles. The van der Waals surface area contributed by atoms with Gasteiger partial charge in [0.25, 0.3) is 0 Å². The van der Waals surface area contributed by atoms with Crippen molar-refractivity contribution in [1.29, 1.82) is 0 Å². The van der Waals surface area contributed by atoms with E-state index >= 15 is 0 Å². The summed E-state index contributed by atoms with van der Waals surface area (Å²) in [6, 6.07) is 0.194. The monoisotopic (exact) mass is 363 g/mol. The van der Waals surface area contributed by atoms with Crippen LogP contribution in [0.3, 0.4) is 0 Å². The zero-order valence-corrected chi connectivity index (χ0v) is 14.5. The lowest BCUT2D eigenvalue weighted by atomic mass is 10.1. The lowest BCUT2D eigenvalue weighted by molar-refractivity contribution is 0.439.